The van der Waals surface area contributed by atoms with Crippen molar-refractivity contribution in [1.82, 2.24) is 0 Å². The highest BCUT2D eigenvalue weighted by Crippen LogP contribution is 2.27. The molecular formula is C11H6BrNO3S. The van der Waals surface area contributed by atoms with E-state index in [2.05, 4.69) is 15.9 Å². The summed E-state index contributed by atoms with van der Waals surface area (Å²) in [6.07, 6.45) is 0. The van der Waals surface area contributed by atoms with Gasteiger partial charge in [-0.25, -0.2) is 0 Å². The highest BCUT2D eigenvalue weighted by molar-refractivity contribution is 9.11. The lowest BCUT2D eigenvalue weighted by molar-refractivity contribution is -0.385. The Morgan fingerprint density at radius 1 is 1.24 bits per heavy atom. The van der Waals surface area contributed by atoms with Crippen LogP contribution in [0, 0.1) is 10.1 Å². The molecule has 4 nitrogen and oxygen atoms in total. The molecule has 0 unspecified atom stereocenters. The standard InChI is InChI=1S/C11H6BrNO3S/c12-10-6-5-9(17-10)11(14)7-3-1-2-4-8(7)13(15)16/h1-6H. The Morgan fingerprint density at radius 3 is 2.53 bits per heavy atom. The zero-order valence-electron chi connectivity index (χ0n) is 8.42. The summed E-state index contributed by atoms with van der Waals surface area (Å²) >= 11 is 4.51. The number of hydrogen-bond donors (Lipinski definition) is 0. The maximum atomic E-state index is 12.1. The lowest BCUT2D eigenvalue weighted by atomic mass is 10.1. The largest absolute Gasteiger partial charge is 0.287 e. The Kier molecular flexibility index (Phi) is 3.35. The summed E-state index contributed by atoms with van der Waals surface area (Å²) in [5.74, 6) is -0.326. The van der Waals surface area contributed by atoms with Crippen molar-refractivity contribution >= 4 is 38.7 Å². The molecule has 0 aliphatic heterocycles. The van der Waals surface area contributed by atoms with E-state index in [0.717, 1.165) is 3.79 Å². The fraction of sp³-hybridized carbons (Fsp3) is 0. The number of ketones is 1. The van der Waals surface area contributed by atoms with Crippen molar-refractivity contribution in [1.29, 1.82) is 0 Å². The first-order chi connectivity index (χ1) is 8.09. The summed E-state index contributed by atoms with van der Waals surface area (Å²) in [6.45, 7) is 0. The number of carbonyl (C=O) groups is 1. The number of nitrogens with zero attached hydrogens (tertiary/aromatic N) is 1. The lowest BCUT2D eigenvalue weighted by Gasteiger charge is -1.99. The molecule has 0 aliphatic rings. The second kappa shape index (κ2) is 4.77. The van der Waals surface area contributed by atoms with Crippen LogP contribution >= 0.6 is 27.3 Å². The van der Waals surface area contributed by atoms with Crippen LogP contribution in [-0.2, 0) is 0 Å². The van der Waals surface area contributed by atoms with E-state index in [9.17, 15) is 14.9 Å². The maximum absolute atomic E-state index is 12.1. The Bertz CT molecular complexity index is 594. The van der Waals surface area contributed by atoms with Gasteiger partial charge in [-0.3, -0.25) is 14.9 Å². The minimum atomic E-state index is -0.546. The van der Waals surface area contributed by atoms with Gasteiger partial charge in [0.2, 0.25) is 5.78 Å². The summed E-state index contributed by atoms with van der Waals surface area (Å²) in [7, 11) is 0. The second-order valence-electron chi connectivity index (χ2n) is 3.21. The molecule has 1 aromatic heterocycles. The van der Waals surface area contributed by atoms with Crippen LogP contribution in [0.4, 0.5) is 5.69 Å². The highest BCUT2D eigenvalue weighted by Gasteiger charge is 2.21. The molecule has 17 heavy (non-hydrogen) atoms. The van der Waals surface area contributed by atoms with Crippen LogP contribution in [0.3, 0.4) is 0 Å². The van der Waals surface area contributed by atoms with Crippen molar-refractivity contribution in [2.45, 2.75) is 0 Å². The molecule has 0 aliphatic carbocycles. The number of halogens is 1. The number of para-hydroxylation sites is 1. The predicted molar refractivity (Wildman–Crippen MR) is 68.5 cm³/mol. The van der Waals surface area contributed by atoms with Crippen LogP contribution in [0.25, 0.3) is 0 Å². The Balaban J connectivity index is 2.47. The molecule has 0 fully saturated rings. The van der Waals surface area contributed by atoms with Crippen LogP contribution in [0.2, 0.25) is 0 Å². The summed E-state index contributed by atoms with van der Waals surface area (Å²) in [4.78, 5) is 22.8. The number of rotatable bonds is 3. The van der Waals surface area contributed by atoms with Gasteiger partial charge in [-0.1, -0.05) is 12.1 Å². The van der Waals surface area contributed by atoms with E-state index in [1.54, 1.807) is 24.3 Å². The lowest BCUT2D eigenvalue weighted by Crippen LogP contribution is -2.03. The van der Waals surface area contributed by atoms with Crippen molar-refractivity contribution in [2.24, 2.45) is 0 Å². The normalized spacial score (nSPS) is 10.2. The number of carbonyl (C=O) groups excluding carboxylic acids is 1. The summed E-state index contributed by atoms with van der Waals surface area (Å²) in [5, 5.41) is 10.8. The third kappa shape index (κ3) is 2.42. The van der Waals surface area contributed by atoms with Crippen LogP contribution in [-0.4, -0.2) is 10.7 Å². The first kappa shape index (κ1) is 11.9. The average molecular weight is 312 g/mol. The van der Waals surface area contributed by atoms with E-state index < -0.39 is 4.92 Å². The van der Waals surface area contributed by atoms with Gasteiger partial charge in [-0.05, 0) is 34.1 Å². The number of thiophene rings is 1. The molecule has 0 saturated heterocycles. The maximum Gasteiger partial charge on any atom is 0.280 e. The zero-order valence-corrected chi connectivity index (χ0v) is 10.8. The van der Waals surface area contributed by atoms with Gasteiger partial charge in [0.15, 0.2) is 0 Å². The fourth-order valence-corrected chi connectivity index (χ4v) is 2.73. The van der Waals surface area contributed by atoms with Crippen molar-refractivity contribution in [3.05, 3.63) is 60.7 Å². The van der Waals surface area contributed by atoms with Gasteiger partial charge in [0.05, 0.1) is 13.6 Å². The van der Waals surface area contributed by atoms with Crippen molar-refractivity contribution < 1.29 is 9.72 Å². The second-order valence-corrected chi connectivity index (χ2v) is 5.67. The molecule has 2 rings (SSSR count). The van der Waals surface area contributed by atoms with Crippen LogP contribution < -0.4 is 0 Å². The monoisotopic (exact) mass is 311 g/mol. The first-order valence-electron chi connectivity index (χ1n) is 4.63. The highest BCUT2D eigenvalue weighted by atomic mass is 79.9. The van der Waals surface area contributed by atoms with Gasteiger partial charge in [0.25, 0.3) is 5.69 Å². The van der Waals surface area contributed by atoms with Crippen molar-refractivity contribution in [3.8, 4) is 0 Å². The molecule has 0 N–H and O–H groups in total. The molecule has 86 valence electrons. The summed E-state index contributed by atoms with van der Waals surface area (Å²) in [5.41, 5.74) is -0.0473. The number of nitro benzene ring substituents is 1. The topological polar surface area (TPSA) is 60.2 Å². The molecule has 1 aromatic carbocycles. The molecule has 0 saturated carbocycles. The summed E-state index contributed by atoms with van der Waals surface area (Å²) < 4.78 is 0.819. The van der Waals surface area contributed by atoms with Gasteiger partial charge in [-0.15, -0.1) is 11.3 Å². The average Bonchev–Trinajstić information content (AvgIpc) is 2.75. The molecule has 0 radical (unpaired) electrons. The molecule has 0 amide bonds. The third-order valence-corrected chi connectivity index (χ3v) is 3.76. The van der Waals surface area contributed by atoms with E-state index in [0.29, 0.717) is 4.88 Å². The predicted octanol–water partition coefficient (Wildman–Crippen LogP) is 3.65. The Morgan fingerprint density at radius 2 is 1.94 bits per heavy atom. The number of benzene rings is 1. The molecule has 0 bridgehead atoms. The Hall–Kier alpha value is -1.53. The van der Waals surface area contributed by atoms with Crippen molar-refractivity contribution in [3.63, 3.8) is 0 Å². The van der Waals surface area contributed by atoms with Gasteiger partial charge < -0.3 is 0 Å². The summed E-state index contributed by atoms with van der Waals surface area (Å²) in [6, 6.07) is 9.34. The van der Waals surface area contributed by atoms with Gasteiger partial charge in [-0.2, -0.15) is 0 Å². The molecule has 0 spiro atoms. The van der Waals surface area contributed by atoms with E-state index >= 15 is 0 Å². The molecule has 6 heteroatoms. The van der Waals surface area contributed by atoms with Gasteiger partial charge in [0, 0.05) is 6.07 Å². The molecule has 1 heterocycles. The van der Waals surface area contributed by atoms with Crippen LogP contribution in [0.15, 0.2) is 40.2 Å². The minimum Gasteiger partial charge on any atom is -0.287 e. The van der Waals surface area contributed by atoms with E-state index in [1.165, 1.54) is 23.5 Å². The molecule has 0 atom stereocenters. The first-order valence-corrected chi connectivity index (χ1v) is 6.24. The fourth-order valence-electron chi connectivity index (χ4n) is 1.39. The zero-order chi connectivity index (χ0) is 12.4. The van der Waals surface area contributed by atoms with Gasteiger partial charge >= 0.3 is 0 Å². The van der Waals surface area contributed by atoms with E-state index in [-0.39, 0.29) is 17.0 Å². The number of hydrogen-bond acceptors (Lipinski definition) is 4. The third-order valence-electron chi connectivity index (χ3n) is 2.14. The van der Waals surface area contributed by atoms with Crippen LogP contribution in [0.1, 0.15) is 15.2 Å². The number of nitro groups is 1. The smallest absolute Gasteiger partial charge is 0.280 e. The molecular weight excluding hydrogens is 306 g/mol. The van der Waals surface area contributed by atoms with E-state index in [1.807, 2.05) is 0 Å². The quantitative estimate of drug-likeness (QED) is 0.494. The van der Waals surface area contributed by atoms with Gasteiger partial charge in [0.1, 0.15) is 5.56 Å². The Labute approximate surface area is 109 Å². The van der Waals surface area contributed by atoms with Crippen molar-refractivity contribution in [2.75, 3.05) is 0 Å². The minimum absolute atomic E-state index is 0.117. The van der Waals surface area contributed by atoms with E-state index in [4.69, 9.17) is 0 Å². The van der Waals surface area contributed by atoms with Crippen LogP contribution in [0.5, 0.6) is 0 Å². The SMILES string of the molecule is O=C(c1ccc(Br)s1)c1ccccc1[N+](=O)[O-]. The molecule has 2 aromatic rings.